The van der Waals surface area contributed by atoms with Gasteiger partial charge in [-0.15, -0.1) is 5.10 Å². The van der Waals surface area contributed by atoms with Gasteiger partial charge < -0.3 is 10.1 Å². The lowest BCUT2D eigenvalue weighted by Crippen LogP contribution is -2.14. The number of carbonyl (C=O) groups excluding carboxylic acids is 2. The van der Waals surface area contributed by atoms with Gasteiger partial charge in [0.2, 0.25) is 11.1 Å². The average Bonchev–Trinajstić information content (AvgIpc) is 3.21. The van der Waals surface area contributed by atoms with Crippen molar-refractivity contribution in [2.24, 2.45) is 0 Å². The molecule has 3 aromatic rings. The van der Waals surface area contributed by atoms with Gasteiger partial charge in [0.1, 0.15) is 0 Å². The molecule has 0 bridgehead atoms. The molecule has 0 radical (unpaired) electrons. The Morgan fingerprint density at radius 3 is 2.57 bits per heavy atom. The van der Waals surface area contributed by atoms with Crippen molar-refractivity contribution in [2.45, 2.75) is 19.0 Å². The number of rotatable bonds is 8. The van der Waals surface area contributed by atoms with Crippen LogP contribution in [0.25, 0.3) is 11.8 Å². The van der Waals surface area contributed by atoms with Crippen LogP contribution in [0.15, 0.2) is 59.8 Å². The van der Waals surface area contributed by atoms with Crippen molar-refractivity contribution in [3.05, 3.63) is 65.7 Å². The lowest BCUT2D eigenvalue weighted by Gasteiger charge is -2.06. The summed E-state index contributed by atoms with van der Waals surface area (Å²) in [6.45, 7) is 4.10. The van der Waals surface area contributed by atoms with Gasteiger partial charge in [-0.1, -0.05) is 41.6 Å². The fraction of sp³-hybridized carbons (Fsp3) is 0.190. The Bertz CT molecular complexity index is 1030. The monoisotopic (exact) mass is 423 g/mol. The number of nitrogens with one attached hydrogen (secondary N) is 1. The van der Waals surface area contributed by atoms with E-state index in [4.69, 9.17) is 4.74 Å². The topological polar surface area (TPSA) is 99.0 Å². The van der Waals surface area contributed by atoms with E-state index in [1.165, 1.54) is 17.8 Å². The Balaban J connectivity index is 1.54. The van der Waals surface area contributed by atoms with Crippen LogP contribution in [0.4, 0.5) is 5.69 Å². The van der Waals surface area contributed by atoms with Crippen LogP contribution in [-0.4, -0.2) is 44.4 Å². The molecular formula is C21H21N5O3S. The van der Waals surface area contributed by atoms with Crippen molar-refractivity contribution in [2.75, 3.05) is 17.7 Å². The van der Waals surface area contributed by atoms with Crippen LogP contribution in [-0.2, 0) is 14.3 Å². The normalized spacial score (nSPS) is 10.9. The van der Waals surface area contributed by atoms with Gasteiger partial charge >= 0.3 is 5.97 Å². The second-order valence-electron chi connectivity index (χ2n) is 6.25. The van der Waals surface area contributed by atoms with Gasteiger partial charge in [0.05, 0.1) is 18.0 Å². The quantitative estimate of drug-likeness (QED) is 0.337. The largest absolute Gasteiger partial charge is 0.463 e. The number of nitrogens with zero attached hydrogens (tertiary/aromatic N) is 4. The summed E-state index contributed by atoms with van der Waals surface area (Å²) in [5.41, 5.74) is 3.46. The molecule has 2 aromatic carbocycles. The molecule has 0 fully saturated rings. The van der Waals surface area contributed by atoms with Crippen molar-refractivity contribution in [1.29, 1.82) is 0 Å². The summed E-state index contributed by atoms with van der Waals surface area (Å²) in [5.74, 6) is -0.398. The molecule has 30 heavy (non-hydrogen) atoms. The Morgan fingerprint density at radius 2 is 1.87 bits per heavy atom. The molecular weight excluding hydrogens is 402 g/mol. The van der Waals surface area contributed by atoms with E-state index in [1.54, 1.807) is 41.9 Å². The van der Waals surface area contributed by atoms with Crippen LogP contribution in [0.1, 0.15) is 18.1 Å². The number of ether oxygens (including phenoxy) is 1. The number of anilines is 1. The van der Waals surface area contributed by atoms with Crippen molar-refractivity contribution in [3.8, 4) is 5.69 Å². The van der Waals surface area contributed by atoms with E-state index in [2.05, 4.69) is 20.8 Å². The second-order valence-corrected chi connectivity index (χ2v) is 7.20. The van der Waals surface area contributed by atoms with Gasteiger partial charge in [-0.3, -0.25) is 4.79 Å². The van der Waals surface area contributed by atoms with Crippen LogP contribution in [0, 0.1) is 6.92 Å². The number of hydrogen-bond donors (Lipinski definition) is 1. The lowest BCUT2D eigenvalue weighted by molar-refractivity contribution is -0.137. The SMILES string of the molecule is CCOC(=O)/C=C/c1ccc(NC(=O)CSc2nnnn2-c2ccc(C)cc2)cc1. The molecule has 0 aliphatic rings. The molecule has 3 rings (SSSR count). The zero-order valence-electron chi connectivity index (χ0n) is 16.6. The number of tetrazole rings is 1. The maximum absolute atomic E-state index is 12.3. The molecule has 1 amide bonds. The fourth-order valence-electron chi connectivity index (χ4n) is 2.48. The van der Waals surface area contributed by atoms with E-state index in [9.17, 15) is 9.59 Å². The van der Waals surface area contributed by atoms with Gasteiger partial charge in [-0.2, -0.15) is 4.68 Å². The molecule has 0 spiro atoms. The molecule has 8 nitrogen and oxygen atoms in total. The summed E-state index contributed by atoms with van der Waals surface area (Å²) in [6.07, 6.45) is 3.02. The summed E-state index contributed by atoms with van der Waals surface area (Å²) >= 11 is 1.25. The molecule has 1 heterocycles. The average molecular weight is 423 g/mol. The minimum Gasteiger partial charge on any atom is -0.463 e. The summed E-state index contributed by atoms with van der Waals surface area (Å²) in [5, 5.41) is 15.1. The van der Waals surface area contributed by atoms with Crippen LogP contribution >= 0.6 is 11.8 Å². The minimum atomic E-state index is -0.389. The molecule has 1 N–H and O–H groups in total. The molecule has 0 aliphatic heterocycles. The summed E-state index contributed by atoms with van der Waals surface area (Å²) in [4.78, 5) is 23.6. The number of aromatic nitrogens is 4. The molecule has 9 heteroatoms. The predicted octanol–water partition coefficient (Wildman–Crippen LogP) is 3.28. The molecule has 0 aliphatic carbocycles. The maximum atomic E-state index is 12.3. The first-order chi connectivity index (χ1) is 14.5. The highest BCUT2D eigenvalue weighted by Gasteiger charge is 2.11. The lowest BCUT2D eigenvalue weighted by atomic mass is 10.2. The van der Waals surface area contributed by atoms with Gasteiger partial charge in [0.15, 0.2) is 0 Å². The van der Waals surface area contributed by atoms with Crippen LogP contribution in [0.3, 0.4) is 0 Å². The van der Waals surface area contributed by atoms with Crippen molar-refractivity contribution < 1.29 is 14.3 Å². The highest BCUT2D eigenvalue weighted by atomic mass is 32.2. The number of aryl methyl sites for hydroxylation is 1. The van der Waals surface area contributed by atoms with E-state index in [1.807, 2.05) is 31.2 Å². The van der Waals surface area contributed by atoms with E-state index in [-0.39, 0.29) is 17.6 Å². The maximum Gasteiger partial charge on any atom is 0.330 e. The van der Waals surface area contributed by atoms with Gasteiger partial charge in [0.25, 0.3) is 0 Å². The third kappa shape index (κ3) is 6.02. The second kappa shape index (κ2) is 10.4. The molecule has 1 aromatic heterocycles. The number of carbonyl (C=O) groups is 2. The van der Waals surface area contributed by atoms with Gasteiger partial charge in [-0.25, -0.2) is 4.79 Å². The van der Waals surface area contributed by atoms with E-state index < -0.39 is 0 Å². The van der Waals surface area contributed by atoms with E-state index >= 15 is 0 Å². The smallest absolute Gasteiger partial charge is 0.330 e. The third-order valence-electron chi connectivity index (χ3n) is 3.94. The number of hydrogen-bond acceptors (Lipinski definition) is 7. The van der Waals surface area contributed by atoms with Crippen LogP contribution < -0.4 is 5.32 Å². The number of thioether (sulfide) groups is 1. The predicted molar refractivity (Wildman–Crippen MR) is 115 cm³/mol. The van der Waals surface area contributed by atoms with Crippen LogP contribution in [0.2, 0.25) is 0 Å². The van der Waals surface area contributed by atoms with E-state index in [0.717, 1.165) is 16.8 Å². The summed E-state index contributed by atoms with van der Waals surface area (Å²) in [6, 6.07) is 14.9. The Hall–Kier alpha value is -3.46. The number of amides is 1. The third-order valence-corrected chi connectivity index (χ3v) is 4.86. The molecule has 154 valence electrons. The first-order valence-electron chi connectivity index (χ1n) is 9.28. The first kappa shape index (κ1) is 21.3. The molecule has 0 atom stereocenters. The van der Waals surface area contributed by atoms with Crippen molar-refractivity contribution in [3.63, 3.8) is 0 Å². The number of benzene rings is 2. The van der Waals surface area contributed by atoms with E-state index in [0.29, 0.717) is 17.5 Å². The fourth-order valence-corrected chi connectivity index (χ4v) is 3.17. The van der Waals surface area contributed by atoms with Crippen molar-refractivity contribution >= 4 is 35.4 Å². The first-order valence-corrected chi connectivity index (χ1v) is 10.3. The van der Waals surface area contributed by atoms with Gasteiger partial charge in [-0.05, 0) is 60.2 Å². The zero-order chi connectivity index (χ0) is 21.3. The number of esters is 1. The minimum absolute atomic E-state index is 0.163. The molecule has 0 saturated carbocycles. The zero-order valence-corrected chi connectivity index (χ0v) is 17.4. The molecule has 0 unspecified atom stereocenters. The highest BCUT2D eigenvalue weighted by Crippen LogP contribution is 2.19. The Kier molecular flexibility index (Phi) is 7.34. The van der Waals surface area contributed by atoms with Gasteiger partial charge in [0, 0.05) is 11.8 Å². The van der Waals surface area contributed by atoms with Crippen LogP contribution in [0.5, 0.6) is 0 Å². The standard InChI is InChI=1S/C21H21N5O3S/c1-3-29-20(28)13-8-16-6-9-17(10-7-16)22-19(27)14-30-21-23-24-25-26(21)18-11-4-15(2)5-12-18/h4-13H,3,14H2,1-2H3,(H,22,27)/b13-8+. The Morgan fingerprint density at radius 1 is 1.13 bits per heavy atom. The summed E-state index contributed by atoms with van der Waals surface area (Å²) < 4.78 is 6.44. The summed E-state index contributed by atoms with van der Waals surface area (Å²) in [7, 11) is 0. The Labute approximate surface area is 178 Å². The highest BCUT2D eigenvalue weighted by molar-refractivity contribution is 7.99. The molecule has 0 saturated heterocycles. The van der Waals surface area contributed by atoms with Crippen molar-refractivity contribution in [1.82, 2.24) is 20.2 Å².